The van der Waals surface area contributed by atoms with Gasteiger partial charge in [-0.25, -0.2) is 0 Å². The van der Waals surface area contributed by atoms with Crippen LogP contribution in [0.25, 0.3) is 0 Å². The van der Waals surface area contributed by atoms with Crippen LogP contribution in [0.2, 0.25) is 0 Å². The van der Waals surface area contributed by atoms with Crippen LogP contribution in [0.4, 0.5) is 0 Å². The minimum atomic E-state index is -0.00967. The lowest BCUT2D eigenvalue weighted by molar-refractivity contribution is -0.127. The monoisotopic (exact) mass is 313 g/mol. The highest BCUT2D eigenvalue weighted by atomic mass is 32.2. The molecule has 3 N–H and O–H groups in total. The van der Waals surface area contributed by atoms with E-state index >= 15 is 0 Å². The van der Waals surface area contributed by atoms with Gasteiger partial charge in [0.05, 0.1) is 6.04 Å². The van der Waals surface area contributed by atoms with Crippen molar-refractivity contribution in [2.24, 2.45) is 5.73 Å². The fourth-order valence-corrected chi connectivity index (χ4v) is 4.30. The topological polar surface area (TPSA) is 58.4 Å². The van der Waals surface area contributed by atoms with E-state index in [4.69, 9.17) is 5.73 Å². The number of nitrogens with zero attached hydrogens (tertiary/aromatic N) is 1. The van der Waals surface area contributed by atoms with Crippen molar-refractivity contribution in [1.82, 2.24) is 10.2 Å². The van der Waals surface area contributed by atoms with Gasteiger partial charge in [0, 0.05) is 30.4 Å². The van der Waals surface area contributed by atoms with Gasteiger partial charge in [0.1, 0.15) is 0 Å². The van der Waals surface area contributed by atoms with Crippen molar-refractivity contribution in [1.29, 1.82) is 0 Å². The highest BCUT2D eigenvalue weighted by Gasteiger charge is 2.35. The molecule has 1 aliphatic carbocycles. The summed E-state index contributed by atoms with van der Waals surface area (Å²) in [6.45, 7) is 4.76. The number of thioether (sulfide) groups is 1. The van der Waals surface area contributed by atoms with Crippen LogP contribution in [0.1, 0.15) is 51.9 Å². The molecule has 2 fully saturated rings. The Morgan fingerprint density at radius 1 is 1.33 bits per heavy atom. The molecule has 0 aromatic rings. The van der Waals surface area contributed by atoms with Crippen molar-refractivity contribution in [3.8, 4) is 0 Å². The lowest BCUT2D eigenvalue weighted by Crippen LogP contribution is -2.54. The van der Waals surface area contributed by atoms with E-state index in [1.807, 2.05) is 18.7 Å². The zero-order valence-corrected chi connectivity index (χ0v) is 14.4. The molecular formula is C16H31N3OS. The van der Waals surface area contributed by atoms with Crippen LogP contribution in [0.3, 0.4) is 0 Å². The first kappa shape index (κ1) is 17.1. The number of carbonyl (C=O) groups excluding carboxylic acids is 1. The summed E-state index contributed by atoms with van der Waals surface area (Å²) in [6.07, 6.45) is 10.5. The van der Waals surface area contributed by atoms with E-state index in [2.05, 4.69) is 16.5 Å². The number of nitrogens with one attached hydrogen (secondary N) is 1. The SMILES string of the molecule is CSC1(CN)CCN(C(C)C(=O)NC2CCCCC2)CC1. The maximum Gasteiger partial charge on any atom is 0.237 e. The summed E-state index contributed by atoms with van der Waals surface area (Å²) >= 11 is 1.89. The number of piperidine rings is 1. The molecule has 0 radical (unpaired) electrons. The summed E-state index contributed by atoms with van der Waals surface area (Å²) in [5.74, 6) is 0.214. The van der Waals surface area contributed by atoms with Crippen molar-refractivity contribution < 1.29 is 4.79 Å². The van der Waals surface area contributed by atoms with Gasteiger partial charge in [-0.3, -0.25) is 9.69 Å². The molecule has 21 heavy (non-hydrogen) atoms. The molecule has 1 aliphatic heterocycles. The standard InChI is InChI=1S/C16H31N3OS/c1-13(15(20)18-14-6-4-3-5-7-14)19-10-8-16(12-17,21-2)9-11-19/h13-14H,3-12,17H2,1-2H3,(H,18,20). The molecule has 2 rings (SSSR count). The molecule has 1 heterocycles. The fourth-order valence-electron chi connectivity index (χ4n) is 3.54. The molecule has 0 bridgehead atoms. The number of amides is 1. The van der Waals surface area contributed by atoms with Crippen molar-refractivity contribution in [3.05, 3.63) is 0 Å². The smallest absolute Gasteiger partial charge is 0.237 e. The molecule has 2 aliphatic rings. The molecule has 1 amide bonds. The molecule has 0 aromatic carbocycles. The minimum Gasteiger partial charge on any atom is -0.352 e. The van der Waals surface area contributed by atoms with E-state index < -0.39 is 0 Å². The van der Waals surface area contributed by atoms with Gasteiger partial charge in [-0.2, -0.15) is 11.8 Å². The van der Waals surface area contributed by atoms with Crippen LogP contribution in [-0.4, -0.2) is 53.5 Å². The van der Waals surface area contributed by atoms with Gasteiger partial charge in [0.15, 0.2) is 0 Å². The normalized spacial score (nSPS) is 25.5. The first-order valence-corrected chi connectivity index (χ1v) is 9.62. The van der Waals surface area contributed by atoms with E-state index in [1.54, 1.807) is 0 Å². The molecule has 0 spiro atoms. The van der Waals surface area contributed by atoms with Crippen LogP contribution in [0.15, 0.2) is 0 Å². The molecule has 122 valence electrons. The van der Waals surface area contributed by atoms with Crippen LogP contribution < -0.4 is 11.1 Å². The Balaban J connectivity index is 1.80. The van der Waals surface area contributed by atoms with E-state index in [0.29, 0.717) is 6.04 Å². The number of rotatable bonds is 5. The van der Waals surface area contributed by atoms with Crippen molar-refractivity contribution in [3.63, 3.8) is 0 Å². The van der Waals surface area contributed by atoms with Crippen LogP contribution in [0.5, 0.6) is 0 Å². The zero-order chi connectivity index (χ0) is 15.3. The van der Waals surface area contributed by atoms with Gasteiger partial charge in [0.25, 0.3) is 0 Å². The Bertz CT molecular complexity index is 330. The number of hydrogen-bond donors (Lipinski definition) is 2. The Morgan fingerprint density at radius 2 is 1.95 bits per heavy atom. The molecule has 4 nitrogen and oxygen atoms in total. The average Bonchev–Trinajstić information content (AvgIpc) is 2.55. The predicted octanol–water partition coefficient (Wildman–Crippen LogP) is 1.98. The van der Waals surface area contributed by atoms with Crippen molar-refractivity contribution in [2.45, 2.75) is 68.7 Å². The summed E-state index contributed by atoms with van der Waals surface area (Å²) < 4.78 is 0.232. The van der Waals surface area contributed by atoms with E-state index in [1.165, 1.54) is 19.3 Å². The Morgan fingerprint density at radius 3 is 2.48 bits per heavy atom. The first-order valence-electron chi connectivity index (χ1n) is 8.40. The molecule has 1 saturated heterocycles. The Labute approximate surface area is 133 Å². The highest BCUT2D eigenvalue weighted by molar-refractivity contribution is 8.00. The summed E-state index contributed by atoms with van der Waals surface area (Å²) in [7, 11) is 0. The fraction of sp³-hybridized carbons (Fsp3) is 0.938. The van der Waals surface area contributed by atoms with Gasteiger partial charge in [-0.15, -0.1) is 0 Å². The van der Waals surface area contributed by atoms with Gasteiger partial charge in [-0.05, 0) is 38.9 Å². The molecular weight excluding hydrogens is 282 g/mol. The number of nitrogens with two attached hydrogens (primary N) is 1. The van der Waals surface area contributed by atoms with E-state index in [-0.39, 0.29) is 16.7 Å². The molecule has 0 aromatic heterocycles. The second kappa shape index (κ2) is 7.84. The zero-order valence-electron chi connectivity index (χ0n) is 13.6. The van der Waals surface area contributed by atoms with Crippen molar-refractivity contribution >= 4 is 17.7 Å². The van der Waals surface area contributed by atoms with Gasteiger partial charge in [-0.1, -0.05) is 19.3 Å². The van der Waals surface area contributed by atoms with Gasteiger partial charge >= 0.3 is 0 Å². The van der Waals surface area contributed by atoms with Crippen LogP contribution >= 0.6 is 11.8 Å². The quantitative estimate of drug-likeness (QED) is 0.815. The van der Waals surface area contributed by atoms with E-state index in [0.717, 1.165) is 45.3 Å². The third-order valence-corrected chi connectivity index (χ3v) is 6.83. The summed E-state index contributed by atoms with van der Waals surface area (Å²) in [5.41, 5.74) is 5.94. The second-order valence-corrected chi connectivity index (χ2v) is 7.92. The van der Waals surface area contributed by atoms with Crippen LogP contribution in [0, 0.1) is 0 Å². The van der Waals surface area contributed by atoms with Crippen LogP contribution in [-0.2, 0) is 4.79 Å². The molecule has 1 unspecified atom stereocenters. The number of likely N-dealkylation sites (tertiary alicyclic amines) is 1. The maximum atomic E-state index is 12.4. The number of carbonyl (C=O) groups is 1. The molecule has 1 atom stereocenters. The largest absolute Gasteiger partial charge is 0.352 e. The number of hydrogen-bond acceptors (Lipinski definition) is 4. The first-order chi connectivity index (χ1) is 10.1. The molecule has 5 heteroatoms. The predicted molar refractivity (Wildman–Crippen MR) is 90.6 cm³/mol. The molecule has 1 saturated carbocycles. The Kier molecular flexibility index (Phi) is 6.38. The summed E-state index contributed by atoms with van der Waals surface area (Å²) in [5, 5.41) is 3.25. The van der Waals surface area contributed by atoms with Gasteiger partial charge in [0.2, 0.25) is 5.91 Å². The summed E-state index contributed by atoms with van der Waals surface area (Å²) in [4.78, 5) is 14.7. The average molecular weight is 314 g/mol. The third-order valence-electron chi connectivity index (χ3n) is 5.39. The summed E-state index contributed by atoms with van der Waals surface area (Å²) in [6, 6.07) is 0.400. The second-order valence-electron chi connectivity index (χ2n) is 6.65. The lowest BCUT2D eigenvalue weighted by Gasteiger charge is -2.42. The third kappa shape index (κ3) is 4.36. The maximum absolute atomic E-state index is 12.4. The van der Waals surface area contributed by atoms with Crippen molar-refractivity contribution in [2.75, 3.05) is 25.9 Å². The highest BCUT2D eigenvalue weighted by Crippen LogP contribution is 2.34. The lowest BCUT2D eigenvalue weighted by atomic mass is 9.94. The minimum absolute atomic E-state index is 0.00967. The van der Waals surface area contributed by atoms with E-state index in [9.17, 15) is 4.79 Å². The Hall–Kier alpha value is -0.260. The van der Waals surface area contributed by atoms with Gasteiger partial charge < -0.3 is 11.1 Å².